The molecule has 0 amide bonds. The van der Waals surface area contributed by atoms with Crippen LogP contribution in [0, 0.1) is 0 Å². The smallest absolute Gasteiger partial charge is 0.151 e. The molecule has 1 aliphatic rings. The third-order valence-electron chi connectivity index (χ3n) is 6.77. The Morgan fingerprint density at radius 1 is 0.571 bits per heavy atom. The van der Waals surface area contributed by atoms with Crippen LogP contribution in [0.5, 0.6) is 11.5 Å². The molecule has 166 valence electrons. The lowest BCUT2D eigenvalue weighted by Gasteiger charge is -2.30. The number of hydrogen-bond donors (Lipinski definition) is 0. The van der Waals surface area contributed by atoms with Gasteiger partial charge in [-0.2, -0.15) is 0 Å². The van der Waals surface area contributed by atoms with Crippen LogP contribution in [0.4, 0.5) is 11.4 Å². The fourth-order valence-electron chi connectivity index (χ4n) is 5.16. The maximum atomic E-state index is 6.19. The van der Waals surface area contributed by atoms with E-state index < -0.39 is 0 Å². The summed E-state index contributed by atoms with van der Waals surface area (Å²) < 4.78 is 8.54. The monoisotopic (exact) mass is 450 g/mol. The summed E-state index contributed by atoms with van der Waals surface area (Å²) in [5, 5.41) is 2.50. The molecular formula is C32H22N2O. The van der Waals surface area contributed by atoms with Crippen molar-refractivity contribution >= 4 is 33.2 Å². The largest absolute Gasteiger partial charge is 0.453 e. The minimum absolute atomic E-state index is 0.826. The molecule has 35 heavy (non-hydrogen) atoms. The number of nitrogens with zero attached hydrogens (tertiary/aromatic N) is 2. The first kappa shape index (κ1) is 19.7. The molecule has 0 spiro atoms. The van der Waals surface area contributed by atoms with Crippen LogP contribution in [0.3, 0.4) is 0 Å². The van der Waals surface area contributed by atoms with E-state index in [1.165, 1.54) is 21.8 Å². The number of hydrogen-bond acceptors (Lipinski definition) is 2. The Hall–Kier alpha value is -4.76. The predicted molar refractivity (Wildman–Crippen MR) is 145 cm³/mol. The lowest BCUT2D eigenvalue weighted by Crippen LogP contribution is -2.14. The van der Waals surface area contributed by atoms with Crippen LogP contribution in [0.1, 0.15) is 0 Å². The van der Waals surface area contributed by atoms with Crippen molar-refractivity contribution in [3.63, 3.8) is 0 Å². The molecule has 0 fully saturated rings. The highest BCUT2D eigenvalue weighted by Crippen LogP contribution is 2.48. The second kappa shape index (κ2) is 7.64. The fraction of sp³-hybridized carbons (Fsp3) is 0. The van der Waals surface area contributed by atoms with Gasteiger partial charge in [0.2, 0.25) is 0 Å². The molecular weight excluding hydrogens is 428 g/mol. The minimum Gasteiger partial charge on any atom is -0.453 e. The molecule has 0 saturated heterocycles. The van der Waals surface area contributed by atoms with E-state index in [0.29, 0.717) is 0 Å². The first-order valence-corrected chi connectivity index (χ1v) is 11.7. The molecule has 0 bridgehead atoms. The quantitative estimate of drug-likeness (QED) is 0.268. The zero-order chi connectivity index (χ0) is 23.4. The van der Waals surface area contributed by atoms with Crippen molar-refractivity contribution in [3.8, 4) is 28.3 Å². The van der Waals surface area contributed by atoms with Crippen LogP contribution < -0.4 is 9.64 Å². The average molecular weight is 451 g/mol. The number of para-hydroxylation sites is 4. The third-order valence-corrected chi connectivity index (χ3v) is 6.77. The van der Waals surface area contributed by atoms with E-state index in [-0.39, 0.29) is 0 Å². The summed E-state index contributed by atoms with van der Waals surface area (Å²) in [6, 6.07) is 40.3. The Morgan fingerprint density at radius 2 is 1.26 bits per heavy atom. The van der Waals surface area contributed by atoms with Crippen molar-refractivity contribution in [2.24, 2.45) is 0 Å². The van der Waals surface area contributed by atoms with Gasteiger partial charge in [-0.3, -0.25) is 0 Å². The Kier molecular flexibility index (Phi) is 4.30. The molecule has 0 radical (unpaired) electrons. The zero-order valence-corrected chi connectivity index (χ0v) is 19.1. The van der Waals surface area contributed by atoms with Crippen LogP contribution >= 0.6 is 0 Å². The van der Waals surface area contributed by atoms with Gasteiger partial charge < -0.3 is 14.2 Å². The molecule has 0 aliphatic carbocycles. The van der Waals surface area contributed by atoms with Crippen LogP contribution in [-0.2, 0) is 0 Å². The van der Waals surface area contributed by atoms with Gasteiger partial charge in [-0.25, -0.2) is 0 Å². The van der Waals surface area contributed by atoms with Crippen molar-refractivity contribution in [1.29, 1.82) is 0 Å². The molecule has 6 aromatic rings. The number of anilines is 2. The van der Waals surface area contributed by atoms with Crippen molar-refractivity contribution in [3.05, 3.63) is 128 Å². The minimum atomic E-state index is 0.826. The zero-order valence-electron chi connectivity index (χ0n) is 19.1. The van der Waals surface area contributed by atoms with E-state index in [1.807, 2.05) is 30.5 Å². The summed E-state index contributed by atoms with van der Waals surface area (Å²) >= 11 is 0. The van der Waals surface area contributed by atoms with Gasteiger partial charge >= 0.3 is 0 Å². The normalized spacial score (nSPS) is 12.3. The molecule has 0 atom stereocenters. The van der Waals surface area contributed by atoms with Crippen LogP contribution in [-0.4, -0.2) is 4.57 Å². The van der Waals surface area contributed by atoms with Crippen molar-refractivity contribution in [2.75, 3.05) is 4.90 Å². The molecule has 3 heteroatoms. The Balaban J connectivity index is 1.42. The summed E-state index contributed by atoms with van der Waals surface area (Å²) in [6.45, 7) is 4.06. The number of ether oxygens (including phenoxy) is 1. The summed E-state index contributed by atoms with van der Waals surface area (Å²) in [4.78, 5) is 2.09. The number of aromatic nitrogens is 1. The highest BCUT2D eigenvalue weighted by molar-refractivity contribution is 6.10. The van der Waals surface area contributed by atoms with E-state index >= 15 is 0 Å². The number of rotatable bonds is 3. The number of fused-ring (bicyclic) bond motifs is 5. The molecule has 5 aromatic carbocycles. The van der Waals surface area contributed by atoms with Crippen LogP contribution in [0.25, 0.3) is 38.6 Å². The van der Waals surface area contributed by atoms with Crippen molar-refractivity contribution in [2.45, 2.75) is 0 Å². The molecule has 1 aliphatic heterocycles. The highest BCUT2D eigenvalue weighted by Gasteiger charge is 2.23. The SMILES string of the molecule is C=CN1c2ccccc2Oc2ccc(-c3ccc4c5ccccc5n(-c5ccccc5)c4c3)cc21. The highest BCUT2D eigenvalue weighted by atomic mass is 16.5. The lowest BCUT2D eigenvalue weighted by atomic mass is 10.0. The van der Waals surface area contributed by atoms with E-state index in [2.05, 4.69) is 107 Å². The molecule has 1 aromatic heterocycles. The average Bonchev–Trinajstić information content (AvgIpc) is 3.25. The van der Waals surface area contributed by atoms with Gasteiger partial charge in [0, 0.05) is 22.7 Å². The van der Waals surface area contributed by atoms with Crippen LogP contribution in [0.2, 0.25) is 0 Å². The Morgan fingerprint density at radius 3 is 2.14 bits per heavy atom. The maximum absolute atomic E-state index is 6.19. The van der Waals surface area contributed by atoms with Gasteiger partial charge in [-0.15, -0.1) is 0 Å². The van der Waals surface area contributed by atoms with Gasteiger partial charge in [-0.1, -0.05) is 73.3 Å². The van der Waals surface area contributed by atoms with Gasteiger partial charge in [0.1, 0.15) is 0 Å². The van der Waals surface area contributed by atoms with Crippen LogP contribution in [0.15, 0.2) is 128 Å². The summed E-state index contributed by atoms with van der Waals surface area (Å²) in [5.74, 6) is 1.66. The standard InChI is InChI=1S/C32H22N2O/c1-2-33-28-14-8-9-15-31(28)35-32-19-17-23(21-30(32)33)22-16-18-26-25-12-6-7-13-27(25)34(29(26)20-22)24-10-4-3-5-11-24/h2-21H,1H2. The molecule has 0 saturated carbocycles. The second-order valence-electron chi connectivity index (χ2n) is 8.72. The van der Waals surface area contributed by atoms with Crippen molar-refractivity contribution in [1.82, 2.24) is 4.57 Å². The summed E-state index contributed by atoms with van der Waals surface area (Å²) in [6.07, 6.45) is 1.85. The van der Waals surface area contributed by atoms with E-state index in [9.17, 15) is 0 Å². The predicted octanol–water partition coefficient (Wildman–Crippen LogP) is 8.84. The molecule has 3 nitrogen and oxygen atoms in total. The molecule has 7 rings (SSSR count). The number of benzene rings is 5. The topological polar surface area (TPSA) is 17.4 Å². The Bertz CT molecular complexity index is 1750. The van der Waals surface area contributed by atoms with Crippen molar-refractivity contribution < 1.29 is 4.74 Å². The first-order chi connectivity index (χ1) is 17.3. The second-order valence-corrected chi connectivity index (χ2v) is 8.72. The Labute approximate surface area is 203 Å². The van der Waals surface area contributed by atoms with E-state index in [0.717, 1.165) is 39.7 Å². The van der Waals surface area contributed by atoms with Gasteiger partial charge in [0.25, 0.3) is 0 Å². The van der Waals surface area contributed by atoms with E-state index in [1.54, 1.807) is 0 Å². The maximum Gasteiger partial charge on any atom is 0.151 e. The third kappa shape index (κ3) is 2.99. The summed E-state index contributed by atoms with van der Waals surface area (Å²) in [7, 11) is 0. The fourth-order valence-corrected chi connectivity index (χ4v) is 5.16. The lowest BCUT2D eigenvalue weighted by molar-refractivity contribution is 0.477. The van der Waals surface area contributed by atoms with E-state index in [4.69, 9.17) is 4.74 Å². The molecule has 2 heterocycles. The molecule has 0 N–H and O–H groups in total. The molecule has 0 unspecified atom stereocenters. The van der Waals surface area contributed by atoms with Gasteiger partial charge in [0.15, 0.2) is 11.5 Å². The van der Waals surface area contributed by atoms with Gasteiger partial charge in [-0.05, 0) is 59.7 Å². The van der Waals surface area contributed by atoms with Gasteiger partial charge in [0.05, 0.1) is 22.4 Å². The first-order valence-electron chi connectivity index (χ1n) is 11.7. The summed E-state index contributed by atoms with van der Waals surface area (Å²) in [5.41, 5.74) is 7.82.